The Morgan fingerprint density at radius 3 is 2.67 bits per heavy atom. The first-order chi connectivity index (χ1) is 8.58. The molecule has 1 saturated heterocycles. The molecule has 1 fully saturated rings. The number of halogens is 1. The van der Waals surface area contributed by atoms with Crippen LogP contribution in [0.15, 0.2) is 18.2 Å². The second kappa shape index (κ2) is 5.03. The van der Waals surface area contributed by atoms with Gasteiger partial charge in [-0.15, -0.1) is 0 Å². The number of ether oxygens (including phenoxy) is 1. The van der Waals surface area contributed by atoms with Crippen LogP contribution in [0.2, 0.25) is 0 Å². The van der Waals surface area contributed by atoms with Crippen LogP contribution in [-0.2, 0) is 4.79 Å². The number of nitrogens with zero attached hydrogens (tertiary/aromatic N) is 1. The highest BCUT2D eigenvalue weighted by molar-refractivity contribution is 5.91. The van der Waals surface area contributed by atoms with Crippen molar-refractivity contribution in [3.05, 3.63) is 29.6 Å². The summed E-state index contributed by atoms with van der Waals surface area (Å²) in [5.41, 5.74) is -0.286. The fourth-order valence-electron chi connectivity index (χ4n) is 1.59. The van der Waals surface area contributed by atoms with Crippen molar-refractivity contribution in [3.8, 4) is 5.75 Å². The Morgan fingerprint density at radius 2 is 2.11 bits per heavy atom. The average Bonchev–Trinajstić information content (AvgIpc) is 2.24. The number of carbonyl (C=O) groups excluding carboxylic acids is 1. The number of hydrogen-bond acceptors (Lipinski definition) is 3. The number of amides is 1. The number of benzene rings is 1. The van der Waals surface area contributed by atoms with E-state index < -0.39 is 11.8 Å². The van der Waals surface area contributed by atoms with Crippen LogP contribution in [0.5, 0.6) is 5.75 Å². The van der Waals surface area contributed by atoms with Gasteiger partial charge in [0.05, 0.1) is 0 Å². The number of hydrogen-bond donors (Lipinski definition) is 1. The van der Waals surface area contributed by atoms with Gasteiger partial charge < -0.3 is 14.7 Å². The molecule has 2 rings (SSSR count). The van der Waals surface area contributed by atoms with Gasteiger partial charge in [0.1, 0.15) is 17.1 Å². The lowest BCUT2D eigenvalue weighted by Gasteiger charge is -2.30. The number of carbonyl (C=O) groups is 2. The van der Waals surface area contributed by atoms with Crippen molar-refractivity contribution in [2.45, 2.75) is 6.42 Å². The van der Waals surface area contributed by atoms with E-state index in [4.69, 9.17) is 9.84 Å². The van der Waals surface area contributed by atoms with Crippen LogP contribution >= 0.6 is 0 Å². The standard InChI is InChI=1S/C12H12FNO4/c13-8-2-3-10(9(6-8)12(16)17)18-7-11(15)14-4-1-5-14/h2-3,6H,1,4-5,7H2,(H,16,17). The lowest BCUT2D eigenvalue weighted by molar-refractivity contribution is -0.136. The summed E-state index contributed by atoms with van der Waals surface area (Å²) in [6.45, 7) is 1.18. The zero-order valence-electron chi connectivity index (χ0n) is 9.56. The molecule has 18 heavy (non-hydrogen) atoms. The van der Waals surface area contributed by atoms with Gasteiger partial charge in [-0.2, -0.15) is 0 Å². The maximum atomic E-state index is 12.9. The number of carboxylic acids is 1. The number of carboxylic acid groups (broad SMARTS) is 1. The van der Waals surface area contributed by atoms with E-state index in [-0.39, 0.29) is 23.8 Å². The minimum Gasteiger partial charge on any atom is -0.483 e. The SMILES string of the molecule is O=C(O)c1cc(F)ccc1OCC(=O)N1CCC1. The summed E-state index contributed by atoms with van der Waals surface area (Å²) < 4.78 is 18.0. The Kier molecular flexibility index (Phi) is 3.45. The molecule has 1 aliphatic rings. The van der Waals surface area contributed by atoms with Crippen LogP contribution in [0.3, 0.4) is 0 Å². The van der Waals surface area contributed by atoms with E-state index >= 15 is 0 Å². The molecule has 0 atom stereocenters. The number of rotatable bonds is 4. The van der Waals surface area contributed by atoms with E-state index in [1.807, 2.05) is 0 Å². The minimum atomic E-state index is -1.29. The maximum absolute atomic E-state index is 12.9. The molecule has 1 aliphatic heterocycles. The fourth-order valence-corrected chi connectivity index (χ4v) is 1.59. The van der Waals surface area contributed by atoms with E-state index in [1.54, 1.807) is 4.90 Å². The van der Waals surface area contributed by atoms with Crippen molar-refractivity contribution in [3.63, 3.8) is 0 Å². The van der Waals surface area contributed by atoms with E-state index in [0.29, 0.717) is 13.1 Å². The highest BCUT2D eigenvalue weighted by Gasteiger charge is 2.21. The van der Waals surface area contributed by atoms with Gasteiger partial charge in [0, 0.05) is 13.1 Å². The van der Waals surface area contributed by atoms with Gasteiger partial charge in [-0.05, 0) is 24.6 Å². The van der Waals surface area contributed by atoms with Gasteiger partial charge in [0.2, 0.25) is 0 Å². The number of likely N-dealkylation sites (tertiary alicyclic amines) is 1. The largest absolute Gasteiger partial charge is 0.483 e. The Morgan fingerprint density at radius 1 is 1.39 bits per heavy atom. The van der Waals surface area contributed by atoms with Crippen molar-refractivity contribution in [2.24, 2.45) is 0 Å². The molecule has 0 aromatic heterocycles. The topological polar surface area (TPSA) is 66.8 Å². The highest BCUT2D eigenvalue weighted by atomic mass is 19.1. The second-order valence-electron chi connectivity index (χ2n) is 3.97. The molecule has 0 spiro atoms. The van der Waals surface area contributed by atoms with Crippen LogP contribution in [0.25, 0.3) is 0 Å². The van der Waals surface area contributed by atoms with E-state index in [2.05, 4.69) is 0 Å². The zero-order valence-corrected chi connectivity index (χ0v) is 9.56. The minimum absolute atomic E-state index is 0.00206. The second-order valence-corrected chi connectivity index (χ2v) is 3.97. The predicted molar refractivity (Wildman–Crippen MR) is 60.1 cm³/mol. The van der Waals surface area contributed by atoms with Crippen molar-refractivity contribution >= 4 is 11.9 Å². The molecule has 96 valence electrons. The summed E-state index contributed by atoms with van der Waals surface area (Å²) in [5, 5.41) is 8.88. The molecule has 1 N–H and O–H groups in total. The lowest BCUT2D eigenvalue weighted by Crippen LogP contribution is -2.44. The van der Waals surface area contributed by atoms with Gasteiger partial charge >= 0.3 is 5.97 Å². The van der Waals surface area contributed by atoms with Gasteiger partial charge in [-0.1, -0.05) is 0 Å². The van der Waals surface area contributed by atoms with Crippen molar-refractivity contribution in [1.82, 2.24) is 4.90 Å². The quantitative estimate of drug-likeness (QED) is 0.873. The molecule has 1 aromatic carbocycles. The third-order valence-corrected chi connectivity index (χ3v) is 2.73. The van der Waals surface area contributed by atoms with Crippen molar-refractivity contribution in [2.75, 3.05) is 19.7 Å². The Hall–Kier alpha value is -2.11. The van der Waals surface area contributed by atoms with Gasteiger partial charge in [-0.3, -0.25) is 4.79 Å². The Labute approximate surface area is 103 Å². The first-order valence-electron chi connectivity index (χ1n) is 5.51. The molecule has 0 aliphatic carbocycles. The normalized spacial score (nSPS) is 13.9. The molecular weight excluding hydrogens is 241 g/mol. The molecule has 0 bridgehead atoms. The van der Waals surface area contributed by atoms with E-state index in [1.165, 1.54) is 6.07 Å². The summed E-state index contributed by atoms with van der Waals surface area (Å²) >= 11 is 0. The van der Waals surface area contributed by atoms with Gasteiger partial charge in [-0.25, -0.2) is 9.18 Å². The molecule has 1 heterocycles. The summed E-state index contributed by atoms with van der Waals surface area (Å²) in [5.74, 6) is -2.14. The Balaban J connectivity index is 2.04. The predicted octanol–water partition coefficient (Wildman–Crippen LogP) is 1.14. The molecule has 5 nitrogen and oxygen atoms in total. The van der Waals surface area contributed by atoms with Crippen LogP contribution in [0, 0.1) is 5.82 Å². The maximum Gasteiger partial charge on any atom is 0.339 e. The summed E-state index contributed by atoms with van der Waals surface area (Å²) in [6.07, 6.45) is 0.975. The van der Waals surface area contributed by atoms with Crippen molar-refractivity contribution in [1.29, 1.82) is 0 Å². The van der Waals surface area contributed by atoms with Crippen LogP contribution in [-0.4, -0.2) is 41.6 Å². The summed E-state index contributed by atoms with van der Waals surface area (Å²) in [4.78, 5) is 24.0. The highest BCUT2D eigenvalue weighted by Crippen LogP contribution is 2.20. The zero-order chi connectivity index (χ0) is 13.1. The first-order valence-corrected chi connectivity index (χ1v) is 5.51. The van der Waals surface area contributed by atoms with E-state index in [0.717, 1.165) is 18.6 Å². The number of aromatic carboxylic acids is 1. The molecular formula is C12H12FNO4. The molecule has 6 heteroatoms. The third-order valence-electron chi connectivity index (χ3n) is 2.73. The van der Waals surface area contributed by atoms with Crippen molar-refractivity contribution < 1.29 is 23.8 Å². The Bertz CT molecular complexity index is 485. The third kappa shape index (κ3) is 2.58. The first kappa shape index (κ1) is 12.3. The van der Waals surface area contributed by atoms with Gasteiger partial charge in [0.15, 0.2) is 6.61 Å². The van der Waals surface area contributed by atoms with Crippen LogP contribution in [0.4, 0.5) is 4.39 Å². The van der Waals surface area contributed by atoms with Crippen LogP contribution < -0.4 is 4.74 Å². The molecule has 0 unspecified atom stereocenters. The summed E-state index contributed by atoms with van der Waals surface area (Å²) in [7, 11) is 0. The van der Waals surface area contributed by atoms with E-state index in [9.17, 15) is 14.0 Å². The molecule has 0 radical (unpaired) electrons. The molecule has 1 amide bonds. The molecule has 0 saturated carbocycles. The summed E-state index contributed by atoms with van der Waals surface area (Å²) in [6, 6.07) is 3.17. The molecule has 1 aromatic rings. The fraction of sp³-hybridized carbons (Fsp3) is 0.333. The monoisotopic (exact) mass is 253 g/mol. The lowest BCUT2D eigenvalue weighted by atomic mass is 10.2. The smallest absolute Gasteiger partial charge is 0.339 e. The van der Waals surface area contributed by atoms with Crippen LogP contribution in [0.1, 0.15) is 16.8 Å². The van der Waals surface area contributed by atoms with Gasteiger partial charge in [0.25, 0.3) is 5.91 Å². The average molecular weight is 253 g/mol.